The SMILES string of the molecule is O=C(O)CNC(=O)c1ccccc1-c1ccc([N+](=O)[O-])cc1. The van der Waals surface area contributed by atoms with Gasteiger partial charge >= 0.3 is 5.97 Å². The molecule has 2 aromatic carbocycles. The number of hydrogen-bond acceptors (Lipinski definition) is 4. The van der Waals surface area contributed by atoms with Gasteiger partial charge < -0.3 is 10.4 Å². The van der Waals surface area contributed by atoms with E-state index in [2.05, 4.69) is 5.32 Å². The summed E-state index contributed by atoms with van der Waals surface area (Å²) in [6.07, 6.45) is 0. The quantitative estimate of drug-likeness (QED) is 0.649. The average Bonchev–Trinajstić information content (AvgIpc) is 2.52. The summed E-state index contributed by atoms with van der Waals surface area (Å²) in [5.41, 5.74) is 1.46. The van der Waals surface area contributed by atoms with Gasteiger partial charge in [-0.05, 0) is 29.3 Å². The zero-order valence-electron chi connectivity index (χ0n) is 11.4. The molecule has 7 nitrogen and oxygen atoms in total. The standard InChI is InChI=1S/C15H12N2O5/c18-14(19)9-16-15(20)13-4-2-1-3-12(13)10-5-7-11(8-6-10)17(21)22/h1-8H,9H2,(H,16,20)(H,18,19). The molecule has 1 amide bonds. The molecule has 0 bridgehead atoms. The van der Waals surface area contributed by atoms with Crippen LogP contribution < -0.4 is 5.32 Å². The molecule has 0 fully saturated rings. The maximum Gasteiger partial charge on any atom is 0.322 e. The lowest BCUT2D eigenvalue weighted by Gasteiger charge is -2.09. The van der Waals surface area contributed by atoms with Crippen LogP contribution in [0.2, 0.25) is 0 Å². The van der Waals surface area contributed by atoms with E-state index in [9.17, 15) is 19.7 Å². The number of carboxylic acids is 1. The van der Waals surface area contributed by atoms with Crippen LogP contribution in [-0.2, 0) is 4.79 Å². The van der Waals surface area contributed by atoms with Crippen molar-refractivity contribution in [2.75, 3.05) is 6.54 Å². The van der Waals surface area contributed by atoms with Gasteiger partial charge in [0.05, 0.1) is 4.92 Å². The fourth-order valence-electron chi connectivity index (χ4n) is 1.95. The van der Waals surface area contributed by atoms with Crippen molar-refractivity contribution in [3.8, 4) is 11.1 Å². The number of nitro benzene ring substituents is 1. The van der Waals surface area contributed by atoms with E-state index in [4.69, 9.17) is 5.11 Å². The van der Waals surface area contributed by atoms with E-state index in [1.807, 2.05) is 0 Å². The molecule has 0 aromatic heterocycles. The second-order valence-electron chi connectivity index (χ2n) is 4.43. The molecule has 112 valence electrons. The third-order valence-corrected chi connectivity index (χ3v) is 2.96. The minimum Gasteiger partial charge on any atom is -0.480 e. The first-order chi connectivity index (χ1) is 10.5. The molecule has 0 saturated heterocycles. The number of benzene rings is 2. The molecule has 0 aliphatic rings. The summed E-state index contributed by atoms with van der Waals surface area (Å²) in [6, 6.07) is 12.4. The first-order valence-corrected chi connectivity index (χ1v) is 6.33. The van der Waals surface area contributed by atoms with Gasteiger partial charge in [0.1, 0.15) is 6.54 Å². The molecule has 22 heavy (non-hydrogen) atoms. The summed E-state index contributed by atoms with van der Waals surface area (Å²) in [5, 5.41) is 21.5. The van der Waals surface area contributed by atoms with Crippen LogP contribution in [0.15, 0.2) is 48.5 Å². The van der Waals surface area contributed by atoms with Crippen molar-refractivity contribution in [2.45, 2.75) is 0 Å². The summed E-state index contributed by atoms with van der Waals surface area (Å²) in [6.45, 7) is -0.479. The average molecular weight is 300 g/mol. The third-order valence-electron chi connectivity index (χ3n) is 2.96. The summed E-state index contributed by atoms with van der Waals surface area (Å²) in [7, 11) is 0. The van der Waals surface area contributed by atoms with Gasteiger partial charge in [-0.15, -0.1) is 0 Å². The number of rotatable bonds is 5. The second-order valence-corrected chi connectivity index (χ2v) is 4.43. The van der Waals surface area contributed by atoms with Crippen LogP contribution in [0, 0.1) is 10.1 Å². The van der Waals surface area contributed by atoms with Gasteiger partial charge in [-0.25, -0.2) is 0 Å². The Kier molecular flexibility index (Phi) is 4.47. The smallest absolute Gasteiger partial charge is 0.322 e. The highest BCUT2D eigenvalue weighted by atomic mass is 16.6. The molecule has 0 aliphatic carbocycles. The van der Waals surface area contributed by atoms with E-state index in [0.717, 1.165) is 0 Å². The summed E-state index contributed by atoms with van der Waals surface area (Å²) >= 11 is 0. The maximum absolute atomic E-state index is 12.0. The number of nitrogens with zero attached hydrogens (tertiary/aromatic N) is 1. The predicted octanol–water partition coefficient (Wildman–Crippen LogP) is 2.08. The Morgan fingerprint density at radius 3 is 2.32 bits per heavy atom. The second kappa shape index (κ2) is 6.49. The highest BCUT2D eigenvalue weighted by Crippen LogP contribution is 2.25. The number of nitrogens with one attached hydrogen (secondary N) is 1. The summed E-state index contributed by atoms with van der Waals surface area (Å²) in [5.74, 6) is -1.66. The van der Waals surface area contributed by atoms with E-state index < -0.39 is 23.3 Å². The minimum atomic E-state index is -1.14. The highest BCUT2D eigenvalue weighted by molar-refractivity contribution is 6.01. The van der Waals surface area contributed by atoms with Crippen molar-refractivity contribution >= 4 is 17.6 Å². The number of amides is 1. The summed E-state index contributed by atoms with van der Waals surface area (Å²) < 4.78 is 0. The van der Waals surface area contributed by atoms with Gasteiger partial charge in [-0.3, -0.25) is 19.7 Å². The number of carbonyl (C=O) groups is 2. The van der Waals surface area contributed by atoms with Gasteiger partial charge in [-0.1, -0.05) is 18.2 Å². The van der Waals surface area contributed by atoms with E-state index in [-0.39, 0.29) is 5.69 Å². The molecule has 0 heterocycles. The number of carbonyl (C=O) groups excluding carboxylic acids is 1. The first-order valence-electron chi connectivity index (χ1n) is 6.33. The van der Waals surface area contributed by atoms with Crippen LogP contribution >= 0.6 is 0 Å². The number of carboxylic acid groups (broad SMARTS) is 1. The molecule has 2 aromatic rings. The number of hydrogen-bond donors (Lipinski definition) is 2. The van der Waals surface area contributed by atoms with Crippen molar-refractivity contribution in [2.24, 2.45) is 0 Å². The Balaban J connectivity index is 2.33. The van der Waals surface area contributed by atoms with E-state index in [1.165, 1.54) is 12.1 Å². The normalized spacial score (nSPS) is 10.0. The van der Waals surface area contributed by atoms with Crippen LogP contribution in [-0.4, -0.2) is 28.5 Å². The van der Waals surface area contributed by atoms with Crippen molar-refractivity contribution < 1.29 is 19.6 Å². The van der Waals surface area contributed by atoms with E-state index >= 15 is 0 Å². The molecule has 0 unspecified atom stereocenters. The molecule has 0 aliphatic heterocycles. The monoisotopic (exact) mass is 300 g/mol. The number of nitro groups is 1. The zero-order valence-corrected chi connectivity index (χ0v) is 11.4. The lowest BCUT2D eigenvalue weighted by molar-refractivity contribution is -0.384. The van der Waals surface area contributed by atoms with E-state index in [0.29, 0.717) is 16.7 Å². The van der Waals surface area contributed by atoms with Gasteiger partial charge in [0, 0.05) is 17.7 Å². The molecule has 7 heteroatoms. The Hall–Kier alpha value is -3.22. The number of aliphatic carboxylic acids is 1. The molecule has 0 spiro atoms. The zero-order chi connectivity index (χ0) is 16.1. The van der Waals surface area contributed by atoms with Crippen LogP contribution in [0.4, 0.5) is 5.69 Å². The lowest BCUT2D eigenvalue weighted by atomic mass is 9.99. The van der Waals surface area contributed by atoms with Gasteiger partial charge in [-0.2, -0.15) is 0 Å². The van der Waals surface area contributed by atoms with Crippen LogP contribution in [0.25, 0.3) is 11.1 Å². The lowest BCUT2D eigenvalue weighted by Crippen LogP contribution is -2.29. The highest BCUT2D eigenvalue weighted by Gasteiger charge is 2.14. The topological polar surface area (TPSA) is 110 Å². The van der Waals surface area contributed by atoms with E-state index in [1.54, 1.807) is 36.4 Å². The van der Waals surface area contributed by atoms with Crippen molar-refractivity contribution in [1.29, 1.82) is 0 Å². The van der Waals surface area contributed by atoms with Crippen molar-refractivity contribution in [3.05, 3.63) is 64.2 Å². The van der Waals surface area contributed by atoms with Crippen LogP contribution in [0.5, 0.6) is 0 Å². The van der Waals surface area contributed by atoms with Gasteiger partial charge in [0.15, 0.2) is 0 Å². The molecule has 0 saturated carbocycles. The third kappa shape index (κ3) is 3.45. The van der Waals surface area contributed by atoms with Crippen LogP contribution in [0.1, 0.15) is 10.4 Å². The number of non-ortho nitro benzene ring substituents is 1. The minimum absolute atomic E-state index is 0.0449. The molecular formula is C15H12N2O5. The molecule has 2 rings (SSSR count). The first kappa shape index (κ1) is 15.2. The van der Waals surface area contributed by atoms with Crippen LogP contribution in [0.3, 0.4) is 0 Å². The molecule has 0 atom stereocenters. The fourth-order valence-corrected chi connectivity index (χ4v) is 1.95. The van der Waals surface area contributed by atoms with Gasteiger partial charge in [0.2, 0.25) is 0 Å². The Morgan fingerprint density at radius 1 is 1.09 bits per heavy atom. The van der Waals surface area contributed by atoms with Crippen molar-refractivity contribution in [1.82, 2.24) is 5.32 Å². The largest absolute Gasteiger partial charge is 0.480 e. The molecular weight excluding hydrogens is 288 g/mol. The Morgan fingerprint density at radius 2 is 1.73 bits per heavy atom. The maximum atomic E-state index is 12.0. The fraction of sp³-hybridized carbons (Fsp3) is 0.0667. The van der Waals surface area contributed by atoms with Gasteiger partial charge in [0.25, 0.3) is 11.6 Å². The Labute approximate surface area is 125 Å². The molecule has 0 radical (unpaired) electrons. The Bertz CT molecular complexity index is 725. The van der Waals surface area contributed by atoms with Crippen molar-refractivity contribution in [3.63, 3.8) is 0 Å². The summed E-state index contributed by atoms with van der Waals surface area (Å²) in [4.78, 5) is 32.7. The predicted molar refractivity (Wildman–Crippen MR) is 78.5 cm³/mol. The molecule has 2 N–H and O–H groups in total.